The highest BCUT2D eigenvalue weighted by Gasteiger charge is 2.41. The molecule has 3 heteroatoms. The zero-order chi connectivity index (χ0) is 14.2. The number of hydrogen-bond donors (Lipinski definition) is 1. The summed E-state index contributed by atoms with van der Waals surface area (Å²) in [5, 5.41) is 9.30. The first kappa shape index (κ1) is 14.1. The maximum absolute atomic E-state index is 11.3. The quantitative estimate of drug-likeness (QED) is 0.908. The molecule has 2 unspecified atom stereocenters. The molecule has 0 aliphatic carbocycles. The molecule has 0 saturated carbocycles. The van der Waals surface area contributed by atoms with Crippen molar-refractivity contribution in [3.05, 3.63) is 34.9 Å². The normalized spacial score (nSPS) is 25.5. The second-order valence-electron chi connectivity index (χ2n) is 6.18. The molecule has 1 fully saturated rings. The van der Waals surface area contributed by atoms with E-state index in [1.165, 1.54) is 16.7 Å². The molecular weight excluding hydrogens is 238 g/mol. The van der Waals surface area contributed by atoms with E-state index in [9.17, 15) is 9.90 Å². The van der Waals surface area contributed by atoms with Crippen molar-refractivity contribution in [1.82, 2.24) is 4.90 Å². The molecule has 0 aromatic heterocycles. The highest BCUT2D eigenvalue weighted by Crippen LogP contribution is 2.35. The fourth-order valence-corrected chi connectivity index (χ4v) is 2.96. The summed E-state index contributed by atoms with van der Waals surface area (Å²) >= 11 is 0. The minimum Gasteiger partial charge on any atom is -0.481 e. The number of carboxylic acid groups (broad SMARTS) is 1. The van der Waals surface area contributed by atoms with E-state index in [1.807, 2.05) is 6.92 Å². The van der Waals surface area contributed by atoms with Crippen LogP contribution < -0.4 is 0 Å². The maximum Gasteiger partial charge on any atom is 0.310 e. The molecule has 0 bridgehead atoms. The average Bonchev–Trinajstić information content (AvgIpc) is 2.71. The Hall–Kier alpha value is -1.35. The molecule has 0 amide bonds. The van der Waals surface area contributed by atoms with Crippen molar-refractivity contribution in [2.45, 2.75) is 40.2 Å². The second-order valence-corrected chi connectivity index (χ2v) is 6.18. The highest BCUT2D eigenvalue weighted by atomic mass is 16.4. The third kappa shape index (κ3) is 2.81. The van der Waals surface area contributed by atoms with Crippen molar-refractivity contribution in [2.24, 2.45) is 5.41 Å². The van der Waals surface area contributed by atoms with Gasteiger partial charge in [0.05, 0.1) is 5.41 Å². The summed E-state index contributed by atoms with van der Waals surface area (Å²) in [4.78, 5) is 13.6. The van der Waals surface area contributed by atoms with Crippen LogP contribution in [-0.2, 0) is 4.79 Å². The predicted octanol–water partition coefficient (Wildman–Crippen LogP) is 3.16. The SMILES string of the molecule is Cc1cc(C)cc(C(C)N2CCC(C)(C(=O)O)C2)c1. The Morgan fingerprint density at radius 2 is 1.89 bits per heavy atom. The first-order valence-corrected chi connectivity index (χ1v) is 6.87. The lowest BCUT2D eigenvalue weighted by atomic mass is 9.90. The lowest BCUT2D eigenvalue weighted by molar-refractivity contribution is -0.147. The summed E-state index contributed by atoms with van der Waals surface area (Å²) in [7, 11) is 0. The summed E-state index contributed by atoms with van der Waals surface area (Å²) < 4.78 is 0. The minimum atomic E-state index is -0.678. The summed E-state index contributed by atoms with van der Waals surface area (Å²) in [6, 6.07) is 6.85. The fourth-order valence-electron chi connectivity index (χ4n) is 2.96. The van der Waals surface area contributed by atoms with Crippen LogP contribution in [0.15, 0.2) is 18.2 Å². The molecule has 1 aromatic carbocycles. The molecule has 2 atom stereocenters. The van der Waals surface area contributed by atoms with Crippen LogP contribution >= 0.6 is 0 Å². The third-order valence-electron chi connectivity index (χ3n) is 4.29. The van der Waals surface area contributed by atoms with Crippen molar-refractivity contribution in [3.63, 3.8) is 0 Å². The van der Waals surface area contributed by atoms with Gasteiger partial charge in [0.25, 0.3) is 0 Å². The van der Waals surface area contributed by atoms with Crippen LogP contribution in [0.4, 0.5) is 0 Å². The molecule has 1 aromatic rings. The van der Waals surface area contributed by atoms with E-state index < -0.39 is 11.4 Å². The number of likely N-dealkylation sites (tertiary alicyclic amines) is 1. The third-order valence-corrected chi connectivity index (χ3v) is 4.29. The van der Waals surface area contributed by atoms with Crippen molar-refractivity contribution in [3.8, 4) is 0 Å². The van der Waals surface area contributed by atoms with E-state index >= 15 is 0 Å². The highest BCUT2D eigenvalue weighted by molar-refractivity contribution is 5.74. The van der Waals surface area contributed by atoms with Gasteiger partial charge in [0.15, 0.2) is 0 Å². The zero-order valence-corrected chi connectivity index (χ0v) is 12.2. The van der Waals surface area contributed by atoms with Crippen LogP contribution in [0, 0.1) is 19.3 Å². The summed E-state index contributed by atoms with van der Waals surface area (Å²) in [5.74, 6) is -0.678. The van der Waals surface area contributed by atoms with Crippen molar-refractivity contribution < 1.29 is 9.90 Å². The molecule has 3 nitrogen and oxygen atoms in total. The van der Waals surface area contributed by atoms with Crippen LogP contribution in [0.25, 0.3) is 0 Å². The van der Waals surface area contributed by atoms with Gasteiger partial charge in [-0.2, -0.15) is 0 Å². The number of carbonyl (C=O) groups is 1. The molecular formula is C16H23NO2. The predicted molar refractivity (Wildman–Crippen MR) is 76.3 cm³/mol. The molecule has 2 rings (SSSR count). The Morgan fingerprint density at radius 3 is 2.37 bits per heavy atom. The molecule has 0 spiro atoms. The van der Waals surface area contributed by atoms with Crippen molar-refractivity contribution >= 4 is 5.97 Å². The topological polar surface area (TPSA) is 40.5 Å². The Morgan fingerprint density at radius 1 is 1.32 bits per heavy atom. The number of benzene rings is 1. The van der Waals surface area contributed by atoms with Crippen LogP contribution in [0.5, 0.6) is 0 Å². The van der Waals surface area contributed by atoms with Crippen LogP contribution in [0.3, 0.4) is 0 Å². The first-order chi connectivity index (χ1) is 8.82. The number of nitrogens with zero attached hydrogens (tertiary/aromatic N) is 1. The van der Waals surface area contributed by atoms with Crippen LogP contribution in [0.1, 0.15) is 43.0 Å². The van der Waals surface area contributed by atoms with Crippen LogP contribution in [0.2, 0.25) is 0 Å². The van der Waals surface area contributed by atoms with E-state index in [-0.39, 0.29) is 6.04 Å². The zero-order valence-electron chi connectivity index (χ0n) is 12.2. The second kappa shape index (κ2) is 4.97. The van der Waals surface area contributed by atoms with E-state index in [1.54, 1.807) is 0 Å². The Labute approximate surface area is 115 Å². The largest absolute Gasteiger partial charge is 0.481 e. The molecule has 1 saturated heterocycles. The summed E-state index contributed by atoms with van der Waals surface area (Å²) in [6.45, 7) is 9.72. The van der Waals surface area contributed by atoms with Gasteiger partial charge in [-0.05, 0) is 46.2 Å². The Bertz CT molecular complexity index is 477. The molecule has 1 heterocycles. The first-order valence-electron chi connectivity index (χ1n) is 6.87. The van der Waals surface area contributed by atoms with E-state index in [2.05, 4.69) is 43.9 Å². The molecule has 0 radical (unpaired) electrons. The van der Waals surface area contributed by atoms with Gasteiger partial charge in [-0.15, -0.1) is 0 Å². The minimum absolute atomic E-state index is 0.278. The summed E-state index contributed by atoms with van der Waals surface area (Å²) in [6.07, 6.45) is 0.734. The number of aryl methyl sites for hydroxylation is 2. The number of rotatable bonds is 3. The van der Waals surface area contributed by atoms with E-state index in [4.69, 9.17) is 0 Å². The molecule has 1 N–H and O–H groups in total. The van der Waals surface area contributed by atoms with Gasteiger partial charge in [-0.3, -0.25) is 9.69 Å². The van der Waals surface area contributed by atoms with E-state index in [0.717, 1.165) is 13.0 Å². The van der Waals surface area contributed by atoms with Gasteiger partial charge in [0, 0.05) is 12.6 Å². The molecule has 1 aliphatic rings. The molecule has 19 heavy (non-hydrogen) atoms. The number of aliphatic carboxylic acids is 1. The smallest absolute Gasteiger partial charge is 0.310 e. The van der Waals surface area contributed by atoms with Crippen LogP contribution in [-0.4, -0.2) is 29.1 Å². The lowest BCUT2D eigenvalue weighted by Crippen LogP contribution is -2.32. The number of carboxylic acids is 1. The fraction of sp³-hybridized carbons (Fsp3) is 0.562. The number of hydrogen-bond acceptors (Lipinski definition) is 2. The lowest BCUT2D eigenvalue weighted by Gasteiger charge is -2.27. The van der Waals surface area contributed by atoms with Gasteiger partial charge in [-0.25, -0.2) is 0 Å². The monoisotopic (exact) mass is 261 g/mol. The van der Waals surface area contributed by atoms with Gasteiger partial charge < -0.3 is 5.11 Å². The van der Waals surface area contributed by atoms with Gasteiger partial charge in [0.2, 0.25) is 0 Å². The Kier molecular flexibility index (Phi) is 3.68. The average molecular weight is 261 g/mol. The molecule has 1 aliphatic heterocycles. The molecule has 104 valence electrons. The van der Waals surface area contributed by atoms with Crippen molar-refractivity contribution in [1.29, 1.82) is 0 Å². The van der Waals surface area contributed by atoms with Gasteiger partial charge >= 0.3 is 5.97 Å². The van der Waals surface area contributed by atoms with Gasteiger partial charge in [-0.1, -0.05) is 29.3 Å². The van der Waals surface area contributed by atoms with Crippen molar-refractivity contribution in [2.75, 3.05) is 13.1 Å². The van der Waals surface area contributed by atoms with Gasteiger partial charge in [0.1, 0.15) is 0 Å². The maximum atomic E-state index is 11.3. The van der Waals surface area contributed by atoms with E-state index in [0.29, 0.717) is 6.54 Å². The standard InChI is InChI=1S/C16H23NO2/c1-11-7-12(2)9-14(8-11)13(3)17-6-5-16(4,10-17)15(18)19/h7-9,13H,5-6,10H2,1-4H3,(H,18,19). The Balaban J connectivity index is 2.17. The summed E-state index contributed by atoms with van der Waals surface area (Å²) in [5.41, 5.74) is 3.23.